The van der Waals surface area contributed by atoms with Crippen LogP contribution in [0.4, 0.5) is 5.82 Å². The minimum Gasteiger partial charge on any atom is -0.355 e. The molecule has 0 bridgehead atoms. The molecule has 19 heavy (non-hydrogen) atoms. The van der Waals surface area contributed by atoms with Gasteiger partial charge in [0, 0.05) is 13.1 Å². The van der Waals surface area contributed by atoms with Crippen LogP contribution in [0.2, 0.25) is 5.15 Å². The molecule has 1 saturated heterocycles. The summed E-state index contributed by atoms with van der Waals surface area (Å²) in [5.74, 6) is 0.950. The number of hydrogen-bond acceptors (Lipinski definition) is 3. The number of aromatic nitrogens is 2. The highest BCUT2D eigenvalue weighted by Gasteiger charge is 2.36. The van der Waals surface area contributed by atoms with Crippen molar-refractivity contribution in [2.75, 3.05) is 18.0 Å². The lowest BCUT2D eigenvalue weighted by atomic mass is 9.68. The van der Waals surface area contributed by atoms with Gasteiger partial charge in [-0.1, -0.05) is 30.9 Å². The van der Waals surface area contributed by atoms with Gasteiger partial charge in [0.15, 0.2) is 0 Å². The van der Waals surface area contributed by atoms with Crippen molar-refractivity contribution in [2.24, 2.45) is 5.41 Å². The molecule has 1 aromatic rings. The second-order valence-corrected chi connectivity index (χ2v) is 7.00. The average molecular weight is 345 g/mol. The van der Waals surface area contributed by atoms with Crippen LogP contribution in [-0.4, -0.2) is 23.1 Å². The van der Waals surface area contributed by atoms with E-state index in [4.69, 9.17) is 11.6 Å². The summed E-state index contributed by atoms with van der Waals surface area (Å²) in [5.41, 5.74) is 0.623. The lowest BCUT2D eigenvalue weighted by Gasteiger charge is -2.44. The molecule has 1 aliphatic heterocycles. The Morgan fingerprint density at radius 2 is 1.74 bits per heavy atom. The van der Waals surface area contributed by atoms with Crippen LogP contribution >= 0.6 is 27.5 Å². The molecule has 3 rings (SSSR count). The normalized spacial score (nSPS) is 22.7. The number of piperidine rings is 1. The summed E-state index contributed by atoms with van der Waals surface area (Å²) in [6.07, 6.45) is 11.2. The number of nitrogens with zero attached hydrogens (tertiary/aromatic N) is 3. The van der Waals surface area contributed by atoms with E-state index < -0.39 is 0 Å². The maximum atomic E-state index is 6.05. The van der Waals surface area contributed by atoms with E-state index in [9.17, 15) is 0 Å². The van der Waals surface area contributed by atoms with Gasteiger partial charge < -0.3 is 4.90 Å². The minimum absolute atomic E-state index is 0.503. The Morgan fingerprint density at radius 1 is 1.05 bits per heavy atom. The lowest BCUT2D eigenvalue weighted by molar-refractivity contribution is 0.144. The number of halogens is 2. The van der Waals surface area contributed by atoms with Gasteiger partial charge >= 0.3 is 0 Å². The van der Waals surface area contributed by atoms with Crippen LogP contribution < -0.4 is 4.90 Å². The van der Waals surface area contributed by atoms with E-state index in [-0.39, 0.29) is 0 Å². The fourth-order valence-corrected chi connectivity index (χ4v) is 4.14. The standard InChI is InChI=1S/C14H19BrClN3/c15-11-12(16)17-10-18-13(11)19-8-6-14(7-9-19)4-2-1-3-5-14/h10H,1-9H2. The van der Waals surface area contributed by atoms with Gasteiger partial charge in [-0.25, -0.2) is 9.97 Å². The van der Waals surface area contributed by atoms with Crippen LogP contribution in [0.3, 0.4) is 0 Å². The van der Waals surface area contributed by atoms with Crippen LogP contribution in [0.25, 0.3) is 0 Å². The van der Waals surface area contributed by atoms with Gasteiger partial charge in [-0.15, -0.1) is 0 Å². The first-order valence-corrected chi connectivity index (χ1v) is 8.28. The Hall–Kier alpha value is -0.350. The van der Waals surface area contributed by atoms with E-state index in [1.165, 1.54) is 44.9 Å². The molecule has 1 aromatic heterocycles. The van der Waals surface area contributed by atoms with Crippen molar-refractivity contribution in [1.82, 2.24) is 9.97 Å². The van der Waals surface area contributed by atoms with E-state index in [0.717, 1.165) is 23.4 Å². The molecule has 1 spiro atoms. The van der Waals surface area contributed by atoms with Gasteiger partial charge in [0.1, 0.15) is 17.3 Å². The van der Waals surface area contributed by atoms with Crippen molar-refractivity contribution in [1.29, 1.82) is 0 Å². The van der Waals surface area contributed by atoms with E-state index in [1.54, 1.807) is 6.33 Å². The largest absolute Gasteiger partial charge is 0.355 e. The van der Waals surface area contributed by atoms with Gasteiger partial charge in [0.25, 0.3) is 0 Å². The molecular weight excluding hydrogens is 326 g/mol. The Labute approximate surface area is 127 Å². The third-order valence-electron chi connectivity index (χ3n) is 4.77. The third-order valence-corrected chi connectivity index (χ3v) is 6.01. The molecule has 0 N–H and O–H groups in total. The van der Waals surface area contributed by atoms with Crippen LogP contribution in [-0.2, 0) is 0 Å². The first-order chi connectivity index (χ1) is 9.20. The topological polar surface area (TPSA) is 29.0 Å². The zero-order valence-electron chi connectivity index (χ0n) is 11.0. The summed E-state index contributed by atoms with van der Waals surface area (Å²) in [6.45, 7) is 2.18. The molecule has 104 valence electrons. The molecule has 5 heteroatoms. The van der Waals surface area contributed by atoms with Gasteiger partial charge in [-0.05, 0) is 47.0 Å². The van der Waals surface area contributed by atoms with Crippen molar-refractivity contribution >= 4 is 33.3 Å². The van der Waals surface area contributed by atoms with Gasteiger partial charge in [0.05, 0.1) is 4.47 Å². The Balaban J connectivity index is 1.71. The number of rotatable bonds is 1. The SMILES string of the molecule is Clc1ncnc(N2CCC3(CCCCC3)CC2)c1Br. The highest BCUT2D eigenvalue weighted by atomic mass is 79.9. The maximum absolute atomic E-state index is 6.05. The molecule has 0 atom stereocenters. The molecule has 0 unspecified atom stereocenters. The Morgan fingerprint density at radius 3 is 2.42 bits per heavy atom. The second-order valence-electron chi connectivity index (χ2n) is 5.85. The van der Waals surface area contributed by atoms with Crippen molar-refractivity contribution in [3.63, 3.8) is 0 Å². The summed E-state index contributed by atoms with van der Waals surface area (Å²) in [4.78, 5) is 10.7. The highest BCUT2D eigenvalue weighted by molar-refractivity contribution is 9.10. The highest BCUT2D eigenvalue weighted by Crippen LogP contribution is 2.45. The van der Waals surface area contributed by atoms with Crippen molar-refractivity contribution in [2.45, 2.75) is 44.9 Å². The quantitative estimate of drug-likeness (QED) is 0.705. The van der Waals surface area contributed by atoms with Crippen molar-refractivity contribution < 1.29 is 0 Å². The third kappa shape index (κ3) is 2.75. The Bertz CT molecular complexity index is 450. The molecule has 0 amide bonds. The summed E-state index contributed by atoms with van der Waals surface area (Å²) in [6, 6.07) is 0. The molecule has 1 saturated carbocycles. The van der Waals surface area contributed by atoms with Crippen molar-refractivity contribution in [3.05, 3.63) is 16.0 Å². The predicted molar refractivity (Wildman–Crippen MR) is 81.7 cm³/mol. The molecule has 1 aliphatic carbocycles. The lowest BCUT2D eigenvalue weighted by Crippen LogP contribution is -2.41. The zero-order chi connectivity index (χ0) is 13.3. The van der Waals surface area contributed by atoms with Gasteiger partial charge in [-0.3, -0.25) is 0 Å². The van der Waals surface area contributed by atoms with E-state index >= 15 is 0 Å². The number of anilines is 1. The first kappa shape index (κ1) is 13.6. The van der Waals surface area contributed by atoms with E-state index in [0.29, 0.717) is 10.6 Å². The Kier molecular flexibility index (Phi) is 3.99. The summed E-state index contributed by atoms with van der Waals surface area (Å²) >= 11 is 9.56. The van der Waals surface area contributed by atoms with Crippen LogP contribution in [0.15, 0.2) is 10.8 Å². The van der Waals surface area contributed by atoms with Crippen molar-refractivity contribution in [3.8, 4) is 0 Å². The summed E-state index contributed by atoms with van der Waals surface area (Å²) in [5, 5.41) is 0.503. The number of hydrogen-bond donors (Lipinski definition) is 0. The van der Waals surface area contributed by atoms with E-state index in [1.807, 2.05) is 0 Å². The fourth-order valence-electron chi connectivity index (χ4n) is 3.55. The van der Waals surface area contributed by atoms with Crippen LogP contribution in [0.1, 0.15) is 44.9 Å². The molecule has 0 aromatic carbocycles. The van der Waals surface area contributed by atoms with Gasteiger partial charge in [-0.2, -0.15) is 0 Å². The first-order valence-electron chi connectivity index (χ1n) is 7.11. The maximum Gasteiger partial charge on any atom is 0.148 e. The van der Waals surface area contributed by atoms with Crippen LogP contribution in [0, 0.1) is 5.41 Å². The second kappa shape index (κ2) is 5.57. The van der Waals surface area contributed by atoms with E-state index in [2.05, 4.69) is 30.8 Å². The minimum atomic E-state index is 0.503. The fraction of sp³-hybridized carbons (Fsp3) is 0.714. The molecular formula is C14H19BrClN3. The molecule has 2 heterocycles. The smallest absolute Gasteiger partial charge is 0.148 e. The molecule has 2 fully saturated rings. The molecule has 2 aliphatic rings. The summed E-state index contributed by atoms with van der Waals surface area (Å²) in [7, 11) is 0. The zero-order valence-corrected chi connectivity index (χ0v) is 13.4. The summed E-state index contributed by atoms with van der Waals surface area (Å²) < 4.78 is 0.830. The predicted octanol–water partition coefficient (Wildman–Crippen LogP) is 4.44. The molecule has 0 radical (unpaired) electrons. The van der Waals surface area contributed by atoms with Crippen LogP contribution in [0.5, 0.6) is 0 Å². The monoisotopic (exact) mass is 343 g/mol. The average Bonchev–Trinajstić information content (AvgIpc) is 2.44. The molecule has 3 nitrogen and oxygen atoms in total. The van der Waals surface area contributed by atoms with Gasteiger partial charge in [0.2, 0.25) is 0 Å².